The maximum atomic E-state index is 12.6. The molecule has 2 N–H and O–H groups in total. The van der Waals surface area contributed by atoms with Crippen LogP contribution in [-0.2, 0) is 9.59 Å². The molecule has 4 atom stereocenters. The maximum Gasteiger partial charge on any atom is 0.307 e. The summed E-state index contributed by atoms with van der Waals surface area (Å²) in [6.45, 7) is 2.01. The summed E-state index contributed by atoms with van der Waals surface area (Å²) < 4.78 is 1.02. The molecule has 5 nitrogen and oxygen atoms in total. The lowest BCUT2D eigenvalue weighted by molar-refractivity contribution is -0.146. The van der Waals surface area contributed by atoms with Crippen molar-refractivity contribution in [3.8, 4) is 0 Å². The van der Waals surface area contributed by atoms with Gasteiger partial charge >= 0.3 is 5.97 Å². The molecule has 23 heavy (non-hydrogen) atoms. The summed E-state index contributed by atoms with van der Waals surface area (Å²) in [6.07, 6.45) is 4.68. The number of anilines is 1. The molecule has 1 fully saturated rings. The van der Waals surface area contributed by atoms with Crippen molar-refractivity contribution in [3.05, 3.63) is 35.9 Å². The van der Waals surface area contributed by atoms with Crippen molar-refractivity contribution < 1.29 is 14.7 Å². The number of aromatic nitrogens is 1. The second-order valence-corrected chi connectivity index (χ2v) is 7.35. The number of nitrogens with zero attached hydrogens (tertiary/aromatic N) is 1. The number of hydrogen-bond acceptors (Lipinski definition) is 4. The minimum atomic E-state index is -0.887. The number of rotatable bonds is 3. The normalized spacial score (nSPS) is 28.4. The van der Waals surface area contributed by atoms with E-state index in [-0.39, 0.29) is 17.7 Å². The second-order valence-electron chi connectivity index (χ2n) is 6.32. The van der Waals surface area contributed by atoms with Crippen LogP contribution in [0.2, 0.25) is 0 Å². The second kappa shape index (κ2) is 5.16. The fourth-order valence-corrected chi connectivity index (χ4v) is 4.76. The Kier molecular flexibility index (Phi) is 3.23. The Labute approximate surface area is 137 Å². The average Bonchev–Trinajstić information content (AvgIpc) is 3.18. The molecule has 0 spiro atoms. The maximum absolute atomic E-state index is 12.6. The van der Waals surface area contributed by atoms with Gasteiger partial charge in [0.2, 0.25) is 5.91 Å². The number of amides is 1. The minimum Gasteiger partial charge on any atom is -0.481 e. The number of hydrogen-bond donors (Lipinski definition) is 2. The number of carbonyl (C=O) groups excluding carboxylic acids is 1. The molecule has 0 unspecified atom stereocenters. The molecule has 1 amide bonds. The number of carbonyl (C=O) groups is 2. The molecule has 1 aromatic carbocycles. The number of allylic oxidation sites excluding steroid dienone is 2. The van der Waals surface area contributed by atoms with Gasteiger partial charge in [0.05, 0.1) is 22.1 Å². The Balaban J connectivity index is 1.59. The van der Waals surface area contributed by atoms with Gasteiger partial charge in [-0.05, 0) is 42.9 Å². The molecule has 4 rings (SSSR count). The van der Waals surface area contributed by atoms with Crippen molar-refractivity contribution in [3.63, 3.8) is 0 Å². The molecule has 2 aliphatic carbocycles. The van der Waals surface area contributed by atoms with Crippen LogP contribution in [0.4, 0.5) is 5.13 Å². The van der Waals surface area contributed by atoms with E-state index in [0.29, 0.717) is 5.13 Å². The van der Waals surface area contributed by atoms with E-state index in [0.717, 1.165) is 22.2 Å². The number of carboxylic acid groups (broad SMARTS) is 1. The quantitative estimate of drug-likeness (QED) is 0.849. The smallest absolute Gasteiger partial charge is 0.307 e. The molecule has 2 bridgehead atoms. The first-order valence-corrected chi connectivity index (χ1v) is 8.44. The monoisotopic (exact) mass is 328 g/mol. The van der Waals surface area contributed by atoms with Crippen LogP contribution in [0.25, 0.3) is 10.2 Å². The summed E-state index contributed by atoms with van der Waals surface area (Å²) in [5, 5.41) is 12.8. The van der Waals surface area contributed by atoms with Gasteiger partial charge < -0.3 is 10.4 Å². The van der Waals surface area contributed by atoms with Crippen molar-refractivity contribution in [1.29, 1.82) is 0 Å². The number of aliphatic carboxylic acids is 1. The van der Waals surface area contributed by atoms with Crippen molar-refractivity contribution in [2.45, 2.75) is 13.3 Å². The summed E-state index contributed by atoms with van der Waals surface area (Å²) in [5.74, 6) is -2.24. The topological polar surface area (TPSA) is 79.3 Å². The van der Waals surface area contributed by atoms with E-state index in [1.165, 1.54) is 11.3 Å². The van der Waals surface area contributed by atoms with Gasteiger partial charge in [0.1, 0.15) is 0 Å². The lowest BCUT2D eigenvalue weighted by Crippen LogP contribution is -2.36. The SMILES string of the molecule is Cc1ccc2nc(NC(=O)[C@@H]3[C@H](C(=O)O)[C@H]4C=C[C@H]3C4)sc2c1. The Morgan fingerprint density at radius 1 is 1.26 bits per heavy atom. The lowest BCUT2D eigenvalue weighted by Gasteiger charge is -2.23. The van der Waals surface area contributed by atoms with Gasteiger partial charge in [-0.25, -0.2) is 4.98 Å². The first kappa shape index (κ1) is 14.4. The fraction of sp³-hybridized carbons (Fsp3) is 0.353. The average molecular weight is 328 g/mol. The highest BCUT2D eigenvalue weighted by molar-refractivity contribution is 7.22. The summed E-state index contributed by atoms with van der Waals surface area (Å²) >= 11 is 1.42. The van der Waals surface area contributed by atoms with Crippen LogP contribution in [0.15, 0.2) is 30.4 Å². The first-order chi connectivity index (χ1) is 11.0. The molecule has 2 aliphatic rings. The van der Waals surface area contributed by atoms with Crippen LogP contribution in [0.5, 0.6) is 0 Å². The zero-order chi connectivity index (χ0) is 16.1. The molecule has 118 valence electrons. The van der Waals surface area contributed by atoms with Crippen LogP contribution in [-0.4, -0.2) is 22.0 Å². The van der Waals surface area contributed by atoms with Crippen LogP contribution in [0.3, 0.4) is 0 Å². The number of fused-ring (bicyclic) bond motifs is 3. The largest absolute Gasteiger partial charge is 0.481 e. The molecule has 1 heterocycles. The Bertz CT molecular complexity index is 841. The molecule has 0 aliphatic heterocycles. The van der Waals surface area contributed by atoms with Gasteiger partial charge in [-0.2, -0.15) is 0 Å². The first-order valence-electron chi connectivity index (χ1n) is 7.62. The van der Waals surface area contributed by atoms with E-state index in [1.54, 1.807) is 0 Å². The minimum absolute atomic E-state index is 0.0220. The van der Waals surface area contributed by atoms with Crippen LogP contribution < -0.4 is 5.32 Å². The zero-order valence-corrected chi connectivity index (χ0v) is 13.3. The van der Waals surface area contributed by atoms with Gasteiger partial charge in [-0.3, -0.25) is 9.59 Å². The molecule has 6 heteroatoms. The molecule has 1 aromatic heterocycles. The fourth-order valence-electron chi connectivity index (χ4n) is 3.79. The third-order valence-corrected chi connectivity index (χ3v) is 5.75. The summed E-state index contributed by atoms with van der Waals surface area (Å²) in [6, 6.07) is 5.94. The van der Waals surface area contributed by atoms with Crippen LogP contribution in [0.1, 0.15) is 12.0 Å². The van der Waals surface area contributed by atoms with Gasteiger partial charge in [0.15, 0.2) is 5.13 Å². The third-order valence-electron chi connectivity index (χ3n) is 4.82. The van der Waals surface area contributed by atoms with Crippen molar-refractivity contribution in [2.75, 3.05) is 5.32 Å². The highest BCUT2D eigenvalue weighted by Crippen LogP contribution is 2.48. The summed E-state index contributed by atoms with van der Waals surface area (Å²) in [4.78, 5) is 28.6. The highest BCUT2D eigenvalue weighted by atomic mass is 32.1. The molecular weight excluding hydrogens is 312 g/mol. The van der Waals surface area contributed by atoms with E-state index >= 15 is 0 Å². The van der Waals surface area contributed by atoms with Gasteiger partial charge in [0, 0.05) is 0 Å². The predicted molar refractivity (Wildman–Crippen MR) is 88.3 cm³/mol. The summed E-state index contributed by atoms with van der Waals surface area (Å²) in [7, 11) is 0. The Hall–Kier alpha value is -2.21. The van der Waals surface area contributed by atoms with E-state index in [2.05, 4.69) is 10.3 Å². The van der Waals surface area contributed by atoms with Gasteiger partial charge in [0.25, 0.3) is 0 Å². The van der Waals surface area contributed by atoms with Crippen molar-refractivity contribution in [1.82, 2.24) is 4.98 Å². The number of aryl methyl sites for hydroxylation is 1. The number of thiazole rings is 1. The zero-order valence-electron chi connectivity index (χ0n) is 12.5. The lowest BCUT2D eigenvalue weighted by atomic mass is 9.82. The van der Waals surface area contributed by atoms with Crippen LogP contribution in [0, 0.1) is 30.6 Å². The number of carboxylic acids is 1. The van der Waals surface area contributed by atoms with Crippen molar-refractivity contribution >= 4 is 38.6 Å². The number of nitrogens with one attached hydrogen (secondary N) is 1. The summed E-state index contributed by atoms with van der Waals surface area (Å²) in [5.41, 5.74) is 1.99. The van der Waals surface area contributed by atoms with E-state index in [9.17, 15) is 14.7 Å². The Morgan fingerprint density at radius 3 is 2.74 bits per heavy atom. The molecule has 1 saturated carbocycles. The predicted octanol–water partition coefficient (Wildman–Crippen LogP) is 3.07. The highest BCUT2D eigenvalue weighted by Gasteiger charge is 2.51. The molecular formula is C17H16N2O3S. The van der Waals surface area contributed by atoms with E-state index in [1.807, 2.05) is 37.3 Å². The Morgan fingerprint density at radius 2 is 2.00 bits per heavy atom. The number of benzene rings is 1. The molecule has 0 saturated heterocycles. The van der Waals surface area contributed by atoms with Crippen molar-refractivity contribution in [2.24, 2.45) is 23.7 Å². The van der Waals surface area contributed by atoms with Crippen LogP contribution >= 0.6 is 11.3 Å². The van der Waals surface area contributed by atoms with Gasteiger partial charge in [-0.1, -0.05) is 29.6 Å². The molecule has 0 radical (unpaired) electrons. The molecule has 2 aromatic rings. The standard InChI is InChI=1S/C17H16N2O3S/c1-8-2-5-11-12(6-8)23-17(18-11)19-15(20)13-9-3-4-10(7-9)14(13)16(21)22/h2-6,9-10,13-14H,7H2,1H3,(H,21,22)(H,18,19,20)/t9-,10-,13-,14+/m0/s1. The van der Waals surface area contributed by atoms with E-state index < -0.39 is 17.8 Å². The van der Waals surface area contributed by atoms with Gasteiger partial charge in [-0.15, -0.1) is 0 Å². The third kappa shape index (κ3) is 2.34. The van der Waals surface area contributed by atoms with E-state index in [4.69, 9.17) is 0 Å².